The highest BCUT2D eigenvalue weighted by Gasteiger charge is 2.34. The largest absolute Gasteiger partial charge is 0.508 e. The molecule has 3 nitrogen and oxygen atoms in total. The molecule has 2 fully saturated rings. The molecule has 186 valence electrons. The number of aryl methyl sites for hydroxylation is 1. The highest BCUT2D eigenvalue weighted by Crippen LogP contribution is 2.49. The van der Waals surface area contributed by atoms with E-state index in [1.54, 1.807) is 0 Å². The molecule has 0 spiro atoms. The van der Waals surface area contributed by atoms with E-state index in [1.165, 1.54) is 59.2 Å². The maximum absolute atomic E-state index is 11.3. The van der Waals surface area contributed by atoms with Crippen molar-refractivity contribution >= 4 is 12.0 Å². The SMILES string of the molecule is O=CC1CCN(c2ccc([C@@H]3c4ccc(O)cc4CC[C@@H]3c3ccccc3)cc2C2CCCC2)CC1. The summed E-state index contributed by atoms with van der Waals surface area (Å²) in [5.41, 5.74) is 8.38. The minimum atomic E-state index is 0.220. The second-order valence-corrected chi connectivity index (χ2v) is 11.2. The highest BCUT2D eigenvalue weighted by molar-refractivity contribution is 5.61. The first-order chi connectivity index (χ1) is 17.7. The standard InChI is InChI=1S/C33H37NO2/c35-22-23-16-18-34(19-17-23)32-15-11-27(21-31(32)25-8-4-5-9-25)33-29(24-6-2-1-3-7-24)13-10-26-20-28(36)12-14-30(26)33/h1-3,6-7,11-12,14-15,20-23,25,29,33,36H,4-5,8-10,13,16-19H2/t29-,33+/m1/s1. The molecule has 1 aliphatic heterocycles. The molecule has 3 heteroatoms. The number of piperidine rings is 1. The molecule has 1 saturated carbocycles. The van der Waals surface area contributed by atoms with Crippen molar-refractivity contribution in [2.24, 2.45) is 5.92 Å². The van der Waals surface area contributed by atoms with Gasteiger partial charge in [-0.2, -0.15) is 0 Å². The first kappa shape index (κ1) is 23.3. The first-order valence-electron chi connectivity index (χ1n) is 13.9. The number of anilines is 1. The third-order valence-corrected chi connectivity index (χ3v) is 9.09. The van der Waals surface area contributed by atoms with E-state index in [4.69, 9.17) is 0 Å². The Bertz CT molecular complexity index is 1210. The van der Waals surface area contributed by atoms with E-state index in [1.807, 2.05) is 12.1 Å². The monoisotopic (exact) mass is 479 g/mol. The Balaban J connectivity index is 1.43. The summed E-state index contributed by atoms with van der Waals surface area (Å²) < 4.78 is 0. The third-order valence-electron chi connectivity index (χ3n) is 9.09. The average molecular weight is 480 g/mol. The Morgan fingerprint density at radius 3 is 2.31 bits per heavy atom. The van der Waals surface area contributed by atoms with Crippen LogP contribution in [-0.4, -0.2) is 24.5 Å². The van der Waals surface area contributed by atoms with Crippen LogP contribution in [0.5, 0.6) is 5.75 Å². The van der Waals surface area contributed by atoms with Gasteiger partial charge in [0, 0.05) is 30.6 Å². The van der Waals surface area contributed by atoms with Gasteiger partial charge in [-0.1, -0.05) is 61.4 Å². The van der Waals surface area contributed by atoms with Crippen LogP contribution in [0.15, 0.2) is 66.7 Å². The normalized spacial score (nSPS) is 22.9. The van der Waals surface area contributed by atoms with Crippen LogP contribution in [-0.2, 0) is 11.2 Å². The number of rotatable bonds is 5. The van der Waals surface area contributed by atoms with Gasteiger partial charge in [-0.05, 0) is 96.4 Å². The second kappa shape index (κ2) is 10.1. The maximum atomic E-state index is 11.3. The van der Waals surface area contributed by atoms with Crippen molar-refractivity contribution in [3.05, 3.63) is 94.5 Å². The zero-order chi connectivity index (χ0) is 24.5. The summed E-state index contributed by atoms with van der Waals surface area (Å²) in [6, 6.07) is 24.3. The van der Waals surface area contributed by atoms with E-state index in [2.05, 4.69) is 59.5 Å². The predicted molar refractivity (Wildman–Crippen MR) is 146 cm³/mol. The number of hydrogen-bond acceptors (Lipinski definition) is 3. The molecule has 3 aromatic rings. The molecule has 0 aromatic heterocycles. The van der Waals surface area contributed by atoms with Crippen molar-refractivity contribution in [2.45, 2.75) is 69.1 Å². The zero-order valence-electron chi connectivity index (χ0n) is 21.1. The van der Waals surface area contributed by atoms with Crippen molar-refractivity contribution in [1.82, 2.24) is 0 Å². The molecule has 0 unspecified atom stereocenters. The van der Waals surface area contributed by atoms with Crippen LogP contribution in [0.4, 0.5) is 5.69 Å². The molecule has 2 atom stereocenters. The van der Waals surface area contributed by atoms with Gasteiger partial charge in [0.25, 0.3) is 0 Å². The van der Waals surface area contributed by atoms with Gasteiger partial charge in [0.2, 0.25) is 0 Å². The van der Waals surface area contributed by atoms with E-state index >= 15 is 0 Å². The van der Waals surface area contributed by atoms with Gasteiger partial charge >= 0.3 is 0 Å². The lowest BCUT2D eigenvalue weighted by molar-refractivity contribution is -0.111. The van der Waals surface area contributed by atoms with Crippen LogP contribution >= 0.6 is 0 Å². The number of carbonyl (C=O) groups is 1. The Hall–Kier alpha value is -3.07. The number of phenolic OH excluding ortho intramolecular Hbond substituents is 1. The first-order valence-corrected chi connectivity index (χ1v) is 13.9. The smallest absolute Gasteiger partial charge is 0.123 e. The van der Waals surface area contributed by atoms with Gasteiger partial charge in [-0.25, -0.2) is 0 Å². The molecule has 6 rings (SSSR count). The van der Waals surface area contributed by atoms with Gasteiger partial charge in [-0.15, -0.1) is 0 Å². The van der Waals surface area contributed by atoms with Crippen molar-refractivity contribution in [1.29, 1.82) is 0 Å². The Labute approximate surface area is 215 Å². The number of phenols is 1. The number of aldehydes is 1. The van der Waals surface area contributed by atoms with Crippen LogP contribution in [0.1, 0.15) is 90.5 Å². The summed E-state index contributed by atoms with van der Waals surface area (Å²) in [5, 5.41) is 10.2. The van der Waals surface area contributed by atoms with E-state index in [-0.39, 0.29) is 11.8 Å². The zero-order valence-corrected chi connectivity index (χ0v) is 21.1. The molecule has 3 aromatic carbocycles. The number of nitrogens with zero attached hydrogens (tertiary/aromatic N) is 1. The van der Waals surface area contributed by atoms with Crippen molar-refractivity contribution in [2.75, 3.05) is 18.0 Å². The van der Waals surface area contributed by atoms with Crippen molar-refractivity contribution in [3.63, 3.8) is 0 Å². The molecule has 1 heterocycles. The maximum Gasteiger partial charge on any atom is 0.123 e. The second-order valence-electron chi connectivity index (χ2n) is 11.2. The lowest BCUT2D eigenvalue weighted by Gasteiger charge is -2.37. The molecular weight excluding hydrogens is 442 g/mol. The van der Waals surface area contributed by atoms with Crippen LogP contribution in [0.2, 0.25) is 0 Å². The highest BCUT2D eigenvalue weighted by atomic mass is 16.3. The summed E-state index contributed by atoms with van der Waals surface area (Å²) in [5.74, 6) is 1.92. The number of fused-ring (bicyclic) bond motifs is 1. The fourth-order valence-corrected chi connectivity index (χ4v) is 7.17. The average Bonchev–Trinajstić information content (AvgIpc) is 3.48. The predicted octanol–water partition coefficient (Wildman–Crippen LogP) is 7.33. The number of benzene rings is 3. The van der Waals surface area contributed by atoms with E-state index in [0.29, 0.717) is 17.6 Å². The van der Waals surface area contributed by atoms with Gasteiger partial charge in [0.15, 0.2) is 0 Å². The fourth-order valence-electron chi connectivity index (χ4n) is 7.17. The van der Waals surface area contributed by atoms with Gasteiger partial charge in [-0.3, -0.25) is 0 Å². The molecule has 3 aliphatic rings. The van der Waals surface area contributed by atoms with E-state index in [0.717, 1.165) is 45.1 Å². The molecule has 2 aliphatic carbocycles. The lowest BCUT2D eigenvalue weighted by atomic mass is 9.69. The quantitative estimate of drug-likeness (QED) is 0.390. The summed E-state index contributed by atoms with van der Waals surface area (Å²) in [6.45, 7) is 1.95. The van der Waals surface area contributed by atoms with E-state index in [9.17, 15) is 9.90 Å². The molecule has 0 amide bonds. The van der Waals surface area contributed by atoms with Crippen LogP contribution in [0.3, 0.4) is 0 Å². The van der Waals surface area contributed by atoms with Crippen LogP contribution < -0.4 is 4.90 Å². The number of hydrogen-bond donors (Lipinski definition) is 1. The Morgan fingerprint density at radius 2 is 1.56 bits per heavy atom. The number of aromatic hydroxyl groups is 1. The summed E-state index contributed by atoms with van der Waals surface area (Å²) in [7, 11) is 0. The molecule has 1 saturated heterocycles. The van der Waals surface area contributed by atoms with Gasteiger partial charge in [0.1, 0.15) is 12.0 Å². The molecule has 0 radical (unpaired) electrons. The molecule has 0 bridgehead atoms. The van der Waals surface area contributed by atoms with E-state index < -0.39 is 0 Å². The molecule has 36 heavy (non-hydrogen) atoms. The number of carbonyl (C=O) groups excluding carboxylic acids is 1. The molecular formula is C33H37NO2. The minimum absolute atomic E-state index is 0.220. The minimum Gasteiger partial charge on any atom is -0.508 e. The summed E-state index contributed by atoms with van der Waals surface area (Å²) in [6.07, 6.45) is 10.4. The van der Waals surface area contributed by atoms with Crippen molar-refractivity contribution < 1.29 is 9.90 Å². The Kier molecular flexibility index (Phi) is 6.56. The van der Waals surface area contributed by atoms with Crippen LogP contribution in [0, 0.1) is 5.92 Å². The summed E-state index contributed by atoms with van der Waals surface area (Å²) >= 11 is 0. The van der Waals surface area contributed by atoms with Gasteiger partial charge < -0.3 is 14.8 Å². The third kappa shape index (κ3) is 4.45. The summed E-state index contributed by atoms with van der Waals surface area (Å²) in [4.78, 5) is 13.9. The lowest BCUT2D eigenvalue weighted by Crippen LogP contribution is -2.35. The van der Waals surface area contributed by atoms with Crippen LogP contribution in [0.25, 0.3) is 0 Å². The molecule has 1 N–H and O–H groups in total. The Morgan fingerprint density at radius 1 is 0.778 bits per heavy atom. The van der Waals surface area contributed by atoms with Gasteiger partial charge in [0.05, 0.1) is 0 Å². The topological polar surface area (TPSA) is 40.5 Å². The fraction of sp³-hybridized carbons (Fsp3) is 0.424. The van der Waals surface area contributed by atoms with Crippen molar-refractivity contribution in [3.8, 4) is 5.75 Å².